The van der Waals surface area contributed by atoms with Gasteiger partial charge in [-0.3, -0.25) is 9.47 Å². The van der Waals surface area contributed by atoms with Crippen LogP contribution in [0.4, 0.5) is 16.2 Å². The van der Waals surface area contributed by atoms with Crippen LogP contribution in [0.5, 0.6) is 5.75 Å². The van der Waals surface area contributed by atoms with Gasteiger partial charge in [-0.2, -0.15) is 0 Å². The van der Waals surface area contributed by atoms with Crippen molar-refractivity contribution in [3.05, 3.63) is 52.7 Å². The molecular formula is C25H27ClFN7O2. The second-order valence-corrected chi connectivity index (χ2v) is 10.8. The summed E-state index contributed by atoms with van der Waals surface area (Å²) in [6.07, 6.45) is 2.25. The summed E-state index contributed by atoms with van der Waals surface area (Å²) < 4.78 is 26.7. The number of pyridine rings is 1. The van der Waals surface area contributed by atoms with Gasteiger partial charge in [-0.05, 0) is 30.2 Å². The Morgan fingerprint density at radius 2 is 1.94 bits per heavy atom. The van der Waals surface area contributed by atoms with Crippen molar-refractivity contribution in [2.45, 2.75) is 25.6 Å². The molecule has 4 aliphatic heterocycles. The summed E-state index contributed by atoms with van der Waals surface area (Å²) >= 11 is 6.40. The number of anilines is 2. The molecule has 3 aromatic rings. The molecule has 2 aromatic heterocycles. The Labute approximate surface area is 213 Å². The van der Waals surface area contributed by atoms with Gasteiger partial charge in [-0.15, -0.1) is 10.2 Å². The zero-order valence-corrected chi connectivity index (χ0v) is 20.8. The molecule has 1 atom stereocenters. The molecular weight excluding hydrogens is 485 g/mol. The van der Waals surface area contributed by atoms with Crippen molar-refractivity contribution in [2.24, 2.45) is 5.41 Å². The van der Waals surface area contributed by atoms with Crippen molar-refractivity contribution < 1.29 is 13.9 Å². The summed E-state index contributed by atoms with van der Waals surface area (Å²) in [5.41, 5.74) is 2.45. The molecule has 4 aliphatic rings. The number of rotatable bonds is 4. The molecule has 9 nitrogen and oxygen atoms in total. The van der Waals surface area contributed by atoms with Crippen LogP contribution in [-0.4, -0.2) is 77.2 Å². The van der Waals surface area contributed by atoms with Gasteiger partial charge >= 0.3 is 0 Å². The summed E-state index contributed by atoms with van der Waals surface area (Å²) in [6.45, 7) is 6.59. The Balaban J connectivity index is 1.12. The molecule has 0 N–H and O–H groups in total. The third-order valence-corrected chi connectivity index (χ3v) is 8.11. The molecule has 1 spiro atoms. The summed E-state index contributed by atoms with van der Waals surface area (Å²) in [4.78, 5) is 11.2. The summed E-state index contributed by atoms with van der Waals surface area (Å²) in [6, 6.07) is 8.12. The molecule has 11 heteroatoms. The molecule has 1 aromatic carbocycles. The fraction of sp³-hybridized carbons (Fsp3) is 0.480. The predicted molar refractivity (Wildman–Crippen MR) is 132 cm³/mol. The summed E-state index contributed by atoms with van der Waals surface area (Å²) in [7, 11) is 1.47. The van der Waals surface area contributed by atoms with Crippen LogP contribution in [0.2, 0.25) is 5.02 Å². The zero-order valence-electron chi connectivity index (χ0n) is 20.0. The number of fused-ring (bicyclic) bond motifs is 3. The first-order valence-corrected chi connectivity index (χ1v) is 12.6. The van der Waals surface area contributed by atoms with E-state index in [4.69, 9.17) is 21.1 Å². The Morgan fingerprint density at radius 3 is 2.72 bits per heavy atom. The highest BCUT2D eigenvalue weighted by atomic mass is 35.5. The fourth-order valence-corrected chi connectivity index (χ4v) is 6.25. The minimum atomic E-state index is -0.445. The van der Waals surface area contributed by atoms with Crippen LogP contribution in [0.1, 0.15) is 17.8 Å². The third kappa shape index (κ3) is 3.54. The van der Waals surface area contributed by atoms with E-state index in [1.807, 2.05) is 6.07 Å². The molecule has 0 bridgehead atoms. The van der Waals surface area contributed by atoms with Crippen molar-refractivity contribution in [2.75, 3.05) is 56.3 Å². The molecule has 0 aliphatic carbocycles. The maximum atomic E-state index is 13.8. The first kappa shape index (κ1) is 22.3. The second kappa shape index (κ2) is 8.29. The summed E-state index contributed by atoms with van der Waals surface area (Å²) in [5.74, 6) is 2.34. The number of hydrogen-bond acceptors (Lipinski definition) is 8. The van der Waals surface area contributed by atoms with Gasteiger partial charge in [0.05, 0.1) is 32.1 Å². The van der Waals surface area contributed by atoms with E-state index < -0.39 is 5.82 Å². The minimum absolute atomic E-state index is 0.177. The highest BCUT2D eigenvalue weighted by Crippen LogP contribution is 2.44. The number of ether oxygens (including phenoxy) is 2. The lowest BCUT2D eigenvalue weighted by molar-refractivity contribution is 0.133. The van der Waals surface area contributed by atoms with E-state index in [2.05, 4.69) is 46.6 Å². The van der Waals surface area contributed by atoms with E-state index in [0.29, 0.717) is 6.04 Å². The lowest BCUT2D eigenvalue weighted by Gasteiger charge is -2.60. The number of aromatic nitrogens is 4. The number of halogens is 2. The van der Waals surface area contributed by atoms with Gasteiger partial charge in [0.2, 0.25) is 5.95 Å². The molecule has 188 valence electrons. The van der Waals surface area contributed by atoms with E-state index in [1.54, 1.807) is 6.07 Å². The van der Waals surface area contributed by atoms with Crippen molar-refractivity contribution in [3.8, 4) is 11.4 Å². The predicted octanol–water partition coefficient (Wildman–Crippen LogP) is 2.89. The van der Waals surface area contributed by atoms with Crippen LogP contribution in [0.15, 0.2) is 30.5 Å². The Hall–Kier alpha value is -2.95. The molecule has 36 heavy (non-hydrogen) atoms. The Bertz CT molecular complexity index is 1310. The topological polar surface area (TPSA) is 71.8 Å². The van der Waals surface area contributed by atoms with Crippen molar-refractivity contribution in [3.63, 3.8) is 0 Å². The normalized spacial score (nSPS) is 22.6. The van der Waals surface area contributed by atoms with Crippen LogP contribution in [0, 0.1) is 11.2 Å². The summed E-state index contributed by atoms with van der Waals surface area (Å²) in [5, 5.41) is 10.0. The van der Waals surface area contributed by atoms with Crippen molar-refractivity contribution in [1.82, 2.24) is 24.6 Å². The molecule has 6 heterocycles. The largest absolute Gasteiger partial charge is 0.493 e. The van der Waals surface area contributed by atoms with Gasteiger partial charge in [0.1, 0.15) is 5.82 Å². The van der Waals surface area contributed by atoms with Crippen LogP contribution >= 0.6 is 11.6 Å². The van der Waals surface area contributed by atoms with Crippen LogP contribution in [-0.2, 0) is 17.8 Å². The lowest BCUT2D eigenvalue weighted by Crippen LogP contribution is -2.73. The Morgan fingerprint density at radius 1 is 1.11 bits per heavy atom. The van der Waals surface area contributed by atoms with Gasteiger partial charge in [-0.25, -0.2) is 9.37 Å². The molecule has 3 saturated heterocycles. The number of nitrogens with zero attached hydrogens (tertiary/aromatic N) is 7. The number of benzene rings is 1. The van der Waals surface area contributed by atoms with E-state index in [9.17, 15) is 4.39 Å². The van der Waals surface area contributed by atoms with Gasteiger partial charge in [0, 0.05) is 61.9 Å². The van der Waals surface area contributed by atoms with Gasteiger partial charge in [-0.1, -0.05) is 11.6 Å². The quantitative estimate of drug-likeness (QED) is 0.529. The fourth-order valence-electron chi connectivity index (χ4n) is 6.05. The molecule has 0 amide bonds. The van der Waals surface area contributed by atoms with Crippen LogP contribution in [0.25, 0.3) is 5.69 Å². The minimum Gasteiger partial charge on any atom is -0.493 e. The van der Waals surface area contributed by atoms with E-state index in [-0.39, 0.29) is 11.2 Å². The average molecular weight is 512 g/mol. The van der Waals surface area contributed by atoms with Gasteiger partial charge < -0.3 is 19.3 Å². The second-order valence-electron chi connectivity index (χ2n) is 10.3. The van der Waals surface area contributed by atoms with Crippen molar-refractivity contribution >= 4 is 23.4 Å². The number of methoxy groups -OCH3 is 1. The smallest absolute Gasteiger partial charge is 0.231 e. The van der Waals surface area contributed by atoms with Gasteiger partial charge in [0.15, 0.2) is 17.4 Å². The lowest BCUT2D eigenvalue weighted by atomic mass is 9.73. The Kier molecular flexibility index (Phi) is 5.13. The van der Waals surface area contributed by atoms with E-state index in [1.165, 1.54) is 18.9 Å². The van der Waals surface area contributed by atoms with E-state index >= 15 is 0 Å². The maximum absolute atomic E-state index is 13.8. The SMILES string of the molecule is COc1cc(N2CC3(C2)CN(c2nnc4n2-c2ccc(Cl)cc2CN([C@@H]2CCOC2)C4)C3)ncc1F. The molecule has 0 radical (unpaired) electrons. The zero-order chi connectivity index (χ0) is 24.4. The molecule has 3 fully saturated rings. The monoisotopic (exact) mass is 511 g/mol. The van der Waals surface area contributed by atoms with Gasteiger partial charge in [0.25, 0.3) is 0 Å². The number of hydrogen-bond donors (Lipinski definition) is 0. The average Bonchev–Trinajstić information content (AvgIpc) is 3.46. The first-order chi connectivity index (χ1) is 17.5. The van der Waals surface area contributed by atoms with Crippen LogP contribution in [0.3, 0.4) is 0 Å². The maximum Gasteiger partial charge on any atom is 0.231 e. The first-order valence-electron chi connectivity index (χ1n) is 12.3. The molecule has 7 rings (SSSR count). The van der Waals surface area contributed by atoms with Crippen LogP contribution < -0.4 is 14.5 Å². The molecule has 0 saturated carbocycles. The third-order valence-electron chi connectivity index (χ3n) is 7.87. The standard InChI is InChI=1S/C25H27ClFN7O2/c1-35-21-7-22(28-8-19(21)27)32-12-25(13-32)14-33(15-25)24-30-29-23-10-31(18-4-5-36-11-18)9-16-6-17(26)2-3-20(16)34(23)24/h2-3,6-8,18H,4-5,9-15H2,1H3/t18-/m1/s1. The highest BCUT2D eigenvalue weighted by molar-refractivity contribution is 6.30. The highest BCUT2D eigenvalue weighted by Gasteiger charge is 2.53. The molecule has 0 unspecified atom stereocenters. The van der Waals surface area contributed by atoms with Crippen molar-refractivity contribution in [1.29, 1.82) is 0 Å². The van der Waals surface area contributed by atoms with E-state index in [0.717, 1.165) is 87.2 Å².